The smallest absolute Gasteiger partial charge is 0.222 e. The lowest BCUT2D eigenvalue weighted by Gasteiger charge is -2.32. The van der Waals surface area contributed by atoms with Gasteiger partial charge in [-0.05, 0) is 52.8 Å². The molecule has 146 valence electrons. The number of aromatic nitrogens is 3. The minimum absolute atomic E-state index is 0.0576. The second-order valence-corrected chi connectivity index (χ2v) is 7.72. The van der Waals surface area contributed by atoms with Gasteiger partial charge in [0.1, 0.15) is 12.1 Å². The molecule has 1 aliphatic heterocycles. The van der Waals surface area contributed by atoms with Gasteiger partial charge in [-0.1, -0.05) is 12.1 Å². The summed E-state index contributed by atoms with van der Waals surface area (Å²) >= 11 is 2.31. The molecule has 1 N–H and O–H groups in total. The van der Waals surface area contributed by atoms with Crippen molar-refractivity contribution in [1.29, 1.82) is 0 Å². The van der Waals surface area contributed by atoms with Crippen molar-refractivity contribution in [1.82, 2.24) is 14.8 Å². The number of benzene rings is 2. The Morgan fingerprint density at radius 2 is 1.68 bits per heavy atom. The Morgan fingerprint density at radius 3 is 2.36 bits per heavy atom. The number of methoxy groups -OCH3 is 3. The van der Waals surface area contributed by atoms with Crippen molar-refractivity contribution in [3.05, 3.63) is 57.4 Å². The number of halogens is 1. The van der Waals surface area contributed by atoms with Crippen molar-refractivity contribution in [2.45, 2.75) is 18.5 Å². The third kappa shape index (κ3) is 3.36. The number of ether oxygens (including phenoxy) is 3. The number of anilines is 1. The molecule has 7 nitrogen and oxygen atoms in total. The van der Waals surface area contributed by atoms with Crippen LogP contribution in [0.1, 0.15) is 29.6 Å². The number of rotatable bonds is 5. The van der Waals surface area contributed by atoms with Crippen LogP contribution in [0.3, 0.4) is 0 Å². The number of nitrogens with one attached hydrogen (secondary N) is 1. The average Bonchev–Trinajstić information content (AvgIpc) is 3.21. The molecule has 4 rings (SSSR count). The van der Waals surface area contributed by atoms with Crippen molar-refractivity contribution >= 4 is 28.5 Å². The van der Waals surface area contributed by atoms with Gasteiger partial charge < -0.3 is 19.5 Å². The first-order chi connectivity index (χ1) is 13.6. The molecule has 2 atom stereocenters. The van der Waals surface area contributed by atoms with Gasteiger partial charge in [0, 0.05) is 15.2 Å². The lowest BCUT2D eigenvalue weighted by molar-refractivity contribution is 0.341. The van der Waals surface area contributed by atoms with Gasteiger partial charge in [0.25, 0.3) is 0 Å². The molecule has 28 heavy (non-hydrogen) atoms. The molecule has 0 fully saturated rings. The van der Waals surface area contributed by atoms with Crippen LogP contribution in [0.2, 0.25) is 0 Å². The Bertz CT molecular complexity index is 974. The topological polar surface area (TPSA) is 70.4 Å². The van der Waals surface area contributed by atoms with Crippen LogP contribution in [-0.4, -0.2) is 36.1 Å². The molecule has 0 bridgehead atoms. The van der Waals surface area contributed by atoms with Gasteiger partial charge >= 0.3 is 0 Å². The Morgan fingerprint density at radius 1 is 1.00 bits per heavy atom. The fraction of sp³-hybridized carbons (Fsp3) is 0.300. The van der Waals surface area contributed by atoms with E-state index in [0.29, 0.717) is 11.5 Å². The highest BCUT2D eigenvalue weighted by molar-refractivity contribution is 14.1. The number of hydrogen-bond donors (Lipinski definition) is 1. The maximum absolute atomic E-state index is 5.67. The molecule has 2 unspecified atom stereocenters. The first-order valence-corrected chi connectivity index (χ1v) is 9.94. The lowest BCUT2D eigenvalue weighted by atomic mass is 9.92. The van der Waals surface area contributed by atoms with Gasteiger partial charge in [0.05, 0.1) is 33.4 Å². The predicted molar refractivity (Wildman–Crippen MR) is 114 cm³/mol. The molecule has 0 saturated heterocycles. The van der Waals surface area contributed by atoms with E-state index < -0.39 is 0 Å². The van der Waals surface area contributed by atoms with E-state index in [0.717, 1.165) is 23.7 Å². The van der Waals surface area contributed by atoms with Gasteiger partial charge in [-0.25, -0.2) is 4.68 Å². The standard InChI is InChI=1S/C20H21IN4O3/c1-26-17-10-19(28-3)18(27-2)8-14(17)16-9-15(12-4-6-13(21)7-5-12)24-20-22-11-23-25(16)20/h4-8,10-11,15-16H,9H2,1-3H3,(H,22,23,24). The highest BCUT2D eigenvalue weighted by Gasteiger charge is 2.32. The summed E-state index contributed by atoms with van der Waals surface area (Å²) < 4.78 is 19.7. The second kappa shape index (κ2) is 7.86. The summed E-state index contributed by atoms with van der Waals surface area (Å²) in [6.45, 7) is 0. The minimum atomic E-state index is -0.0576. The third-order valence-electron chi connectivity index (χ3n) is 5.00. The second-order valence-electron chi connectivity index (χ2n) is 6.48. The molecular formula is C20H21IN4O3. The van der Waals surface area contributed by atoms with E-state index in [-0.39, 0.29) is 12.1 Å². The van der Waals surface area contributed by atoms with Crippen molar-refractivity contribution in [2.75, 3.05) is 26.6 Å². The first-order valence-electron chi connectivity index (χ1n) is 8.86. The van der Waals surface area contributed by atoms with Crippen LogP contribution < -0.4 is 19.5 Å². The molecule has 1 aliphatic rings. The lowest BCUT2D eigenvalue weighted by Crippen LogP contribution is -2.28. The Labute approximate surface area is 177 Å². The van der Waals surface area contributed by atoms with Crippen LogP contribution in [0.4, 0.5) is 5.95 Å². The maximum atomic E-state index is 5.67. The fourth-order valence-corrected chi connectivity index (χ4v) is 3.97. The van der Waals surface area contributed by atoms with Gasteiger partial charge in [-0.15, -0.1) is 0 Å². The SMILES string of the molecule is COc1cc(OC)c(C2CC(c3ccc(I)cc3)Nc3ncnn32)cc1OC. The van der Waals surface area contributed by atoms with Gasteiger partial charge in [0.2, 0.25) is 5.95 Å². The Balaban J connectivity index is 1.79. The molecule has 8 heteroatoms. The van der Waals surface area contributed by atoms with E-state index in [1.807, 2.05) is 16.8 Å². The largest absolute Gasteiger partial charge is 0.496 e. The zero-order valence-corrected chi connectivity index (χ0v) is 18.0. The molecular weight excluding hydrogens is 471 g/mol. The van der Waals surface area contributed by atoms with E-state index >= 15 is 0 Å². The molecule has 0 amide bonds. The molecule has 0 aliphatic carbocycles. The van der Waals surface area contributed by atoms with Gasteiger partial charge in [-0.3, -0.25) is 0 Å². The zero-order valence-electron chi connectivity index (χ0n) is 15.8. The highest BCUT2D eigenvalue weighted by atomic mass is 127. The number of nitrogens with zero attached hydrogens (tertiary/aromatic N) is 3. The van der Waals surface area contributed by atoms with E-state index in [1.165, 1.54) is 9.13 Å². The Kier molecular flexibility index (Phi) is 5.29. The summed E-state index contributed by atoms with van der Waals surface area (Å²) in [5, 5.41) is 7.94. The van der Waals surface area contributed by atoms with Crippen LogP contribution in [0.5, 0.6) is 17.2 Å². The summed E-state index contributed by atoms with van der Waals surface area (Å²) in [6.07, 6.45) is 2.36. The van der Waals surface area contributed by atoms with Crippen molar-refractivity contribution < 1.29 is 14.2 Å². The van der Waals surface area contributed by atoms with Gasteiger partial charge in [-0.2, -0.15) is 10.1 Å². The van der Waals surface area contributed by atoms with E-state index in [9.17, 15) is 0 Å². The van der Waals surface area contributed by atoms with Crippen molar-refractivity contribution in [3.63, 3.8) is 0 Å². The molecule has 2 heterocycles. The van der Waals surface area contributed by atoms with E-state index in [1.54, 1.807) is 27.7 Å². The summed E-state index contributed by atoms with van der Waals surface area (Å²) in [6, 6.07) is 12.4. The van der Waals surface area contributed by atoms with Crippen LogP contribution in [0, 0.1) is 3.57 Å². The summed E-state index contributed by atoms with van der Waals surface area (Å²) in [4.78, 5) is 4.40. The molecule has 0 saturated carbocycles. The van der Waals surface area contributed by atoms with Crippen molar-refractivity contribution in [2.24, 2.45) is 0 Å². The predicted octanol–water partition coefficient (Wildman–Crippen LogP) is 4.05. The molecule has 0 spiro atoms. The summed E-state index contributed by atoms with van der Waals surface area (Å²) in [5.41, 5.74) is 2.18. The zero-order chi connectivity index (χ0) is 19.7. The maximum Gasteiger partial charge on any atom is 0.222 e. The van der Waals surface area contributed by atoms with Crippen LogP contribution in [-0.2, 0) is 0 Å². The first kappa shape index (κ1) is 18.9. The third-order valence-corrected chi connectivity index (χ3v) is 5.72. The highest BCUT2D eigenvalue weighted by Crippen LogP contribution is 2.44. The summed E-state index contributed by atoms with van der Waals surface area (Å²) in [7, 11) is 4.90. The molecule has 2 aromatic carbocycles. The Hall–Kier alpha value is -2.49. The molecule has 0 radical (unpaired) electrons. The number of fused-ring (bicyclic) bond motifs is 1. The average molecular weight is 492 g/mol. The van der Waals surface area contributed by atoms with Crippen LogP contribution in [0.25, 0.3) is 0 Å². The van der Waals surface area contributed by atoms with E-state index in [4.69, 9.17) is 14.2 Å². The van der Waals surface area contributed by atoms with Crippen molar-refractivity contribution in [3.8, 4) is 17.2 Å². The van der Waals surface area contributed by atoms with Crippen LogP contribution in [0.15, 0.2) is 42.7 Å². The summed E-state index contributed by atoms with van der Waals surface area (Å²) in [5.74, 6) is 2.75. The molecule has 3 aromatic rings. The molecule has 1 aromatic heterocycles. The van der Waals surface area contributed by atoms with Crippen LogP contribution >= 0.6 is 22.6 Å². The monoisotopic (exact) mass is 492 g/mol. The van der Waals surface area contributed by atoms with E-state index in [2.05, 4.69) is 62.3 Å². The number of hydrogen-bond acceptors (Lipinski definition) is 6. The van der Waals surface area contributed by atoms with Gasteiger partial charge in [0.15, 0.2) is 11.5 Å². The normalized spacial score (nSPS) is 18.1. The quantitative estimate of drug-likeness (QED) is 0.542. The fourth-order valence-electron chi connectivity index (χ4n) is 3.61. The minimum Gasteiger partial charge on any atom is -0.496 e.